The Morgan fingerprint density at radius 2 is 1.81 bits per heavy atom. The van der Waals surface area contributed by atoms with Gasteiger partial charge >= 0.3 is 0 Å². The van der Waals surface area contributed by atoms with Crippen molar-refractivity contribution in [2.75, 3.05) is 10.0 Å². The van der Waals surface area contributed by atoms with Crippen molar-refractivity contribution in [2.45, 2.75) is 18.1 Å². The van der Waals surface area contributed by atoms with Crippen LogP contribution in [0.25, 0.3) is 10.9 Å². The fourth-order valence-corrected chi connectivity index (χ4v) is 4.37. The molecule has 0 unspecified atom stereocenters. The van der Waals surface area contributed by atoms with E-state index in [0.717, 1.165) is 5.39 Å². The minimum absolute atomic E-state index is 0.120. The zero-order chi connectivity index (χ0) is 18.3. The molecule has 0 atom stereocenters. The smallest absolute Gasteiger partial charge is 0.235 e. The highest BCUT2D eigenvalue weighted by atomic mass is 35.5. The van der Waals surface area contributed by atoms with Crippen LogP contribution in [-0.4, -0.2) is 23.6 Å². The maximum Gasteiger partial charge on any atom is 0.235 e. The topological polar surface area (TPSA) is 84.0 Å². The number of aromatic nitrogens is 2. The molecule has 0 spiro atoms. The summed E-state index contributed by atoms with van der Waals surface area (Å²) < 4.78 is 26.9. The number of hydrogen-bond donors (Lipinski definition) is 2. The Hall–Kier alpha value is -2.09. The van der Waals surface area contributed by atoms with Gasteiger partial charge in [-0.05, 0) is 54.8 Å². The van der Waals surface area contributed by atoms with Gasteiger partial charge in [0.1, 0.15) is 5.82 Å². The van der Waals surface area contributed by atoms with Crippen molar-refractivity contribution in [1.29, 1.82) is 0 Å². The fraction of sp³-hybridized carbons (Fsp3) is 0.176. The third-order valence-corrected chi connectivity index (χ3v) is 6.37. The van der Waals surface area contributed by atoms with Crippen LogP contribution in [0.2, 0.25) is 10.3 Å². The number of nitrogens with zero attached hydrogens (tertiary/aromatic N) is 2. The maximum atomic E-state index is 12.2. The number of hydrogen-bond acceptors (Lipinski definition) is 5. The van der Waals surface area contributed by atoms with Gasteiger partial charge in [-0.15, -0.1) is 0 Å². The van der Waals surface area contributed by atoms with Crippen LogP contribution in [0.1, 0.15) is 12.8 Å². The summed E-state index contributed by atoms with van der Waals surface area (Å²) in [5.74, 6) is 0.527. The zero-order valence-corrected chi connectivity index (χ0v) is 15.7. The zero-order valence-electron chi connectivity index (χ0n) is 13.4. The second-order valence-electron chi connectivity index (χ2n) is 6.02. The summed E-state index contributed by atoms with van der Waals surface area (Å²) in [5.41, 5.74) is 1.66. The Bertz CT molecular complexity index is 1100. The van der Waals surface area contributed by atoms with Crippen molar-refractivity contribution >= 4 is 61.3 Å². The molecule has 1 aliphatic rings. The van der Waals surface area contributed by atoms with E-state index in [1.54, 1.807) is 18.2 Å². The van der Waals surface area contributed by atoms with Crippen LogP contribution in [0.3, 0.4) is 0 Å². The number of sulfonamides is 1. The van der Waals surface area contributed by atoms with Gasteiger partial charge in [-0.1, -0.05) is 23.7 Å². The van der Waals surface area contributed by atoms with E-state index in [9.17, 15) is 8.42 Å². The summed E-state index contributed by atoms with van der Waals surface area (Å²) >= 11 is 12.1. The predicted octanol–water partition coefficient (Wildman–Crippen LogP) is 4.58. The molecule has 1 fully saturated rings. The summed E-state index contributed by atoms with van der Waals surface area (Å²) in [6, 6.07) is 12.4. The lowest BCUT2D eigenvalue weighted by Crippen LogP contribution is -2.17. The van der Waals surface area contributed by atoms with Gasteiger partial charge in [0.05, 0.1) is 21.5 Å². The van der Waals surface area contributed by atoms with Gasteiger partial charge in [-0.25, -0.2) is 13.4 Å². The molecule has 0 bridgehead atoms. The molecule has 26 heavy (non-hydrogen) atoms. The quantitative estimate of drug-likeness (QED) is 0.603. The number of anilines is 3. The van der Waals surface area contributed by atoms with Crippen LogP contribution >= 0.6 is 23.2 Å². The van der Waals surface area contributed by atoms with E-state index >= 15 is 0 Å². The molecule has 9 heteroatoms. The van der Waals surface area contributed by atoms with Gasteiger partial charge < -0.3 is 5.32 Å². The summed E-state index contributed by atoms with van der Waals surface area (Å²) in [6.07, 6.45) is 1.35. The number of rotatable bonds is 5. The molecule has 1 heterocycles. The SMILES string of the molecule is O=S(=O)(Nc1cc(Nc2nc(Cl)nc3ccccc23)ccc1Cl)C1CC1. The van der Waals surface area contributed by atoms with Crippen LogP contribution < -0.4 is 10.0 Å². The van der Waals surface area contributed by atoms with Crippen molar-refractivity contribution in [1.82, 2.24) is 9.97 Å². The lowest BCUT2D eigenvalue weighted by molar-refractivity contribution is 0.600. The summed E-state index contributed by atoms with van der Waals surface area (Å²) in [5, 5.41) is 4.07. The van der Waals surface area contributed by atoms with Gasteiger partial charge in [-0.3, -0.25) is 4.72 Å². The van der Waals surface area contributed by atoms with Crippen molar-refractivity contribution < 1.29 is 8.42 Å². The van der Waals surface area contributed by atoms with Crippen LogP contribution in [0.15, 0.2) is 42.5 Å². The van der Waals surface area contributed by atoms with Gasteiger partial charge in [0.2, 0.25) is 15.3 Å². The molecule has 1 aliphatic carbocycles. The van der Waals surface area contributed by atoms with Gasteiger partial charge in [0, 0.05) is 11.1 Å². The Kier molecular flexibility index (Phi) is 4.38. The molecule has 2 aromatic carbocycles. The van der Waals surface area contributed by atoms with E-state index in [1.165, 1.54) is 0 Å². The lowest BCUT2D eigenvalue weighted by atomic mass is 10.2. The van der Waals surface area contributed by atoms with Crippen molar-refractivity contribution in [2.24, 2.45) is 0 Å². The summed E-state index contributed by atoms with van der Waals surface area (Å²) in [6.45, 7) is 0. The largest absolute Gasteiger partial charge is 0.340 e. The molecular formula is C17H14Cl2N4O2S. The second kappa shape index (κ2) is 6.57. The number of halogens is 2. The van der Waals surface area contributed by atoms with Crippen LogP contribution in [-0.2, 0) is 10.0 Å². The molecule has 1 saturated carbocycles. The first-order valence-electron chi connectivity index (χ1n) is 7.93. The average Bonchev–Trinajstić information content (AvgIpc) is 3.43. The molecule has 0 aliphatic heterocycles. The minimum Gasteiger partial charge on any atom is -0.340 e. The van der Waals surface area contributed by atoms with E-state index in [4.69, 9.17) is 23.2 Å². The molecule has 4 rings (SSSR count). The first-order valence-corrected chi connectivity index (χ1v) is 10.2. The summed E-state index contributed by atoms with van der Waals surface area (Å²) in [4.78, 5) is 8.42. The molecule has 6 nitrogen and oxygen atoms in total. The van der Waals surface area contributed by atoms with Gasteiger partial charge in [0.15, 0.2) is 0 Å². The number of fused-ring (bicyclic) bond motifs is 1. The fourth-order valence-electron chi connectivity index (χ4n) is 2.58. The van der Waals surface area contributed by atoms with E-state index in [0.29, 0.717) is 40.6 Å². The highest BCUT2D eigenvalue weighted by molar-refractivity contribution is 7.93. The Morgan fingerprint density at radius 3 is 2.58 bits per heavy atom. The van der Waals surface area contributed by atoms with E-state index in [2.05, 4.69) is 20.0 Å². The van der Waals surface area contributed by atoms with Crippen molar-refractivity contribution in [3.05, 3.63) is 52.8 Å². The second-order valence-corrected chi connectivity index (χ2v) is 8.73. The number of para-hydroxylation sites is 1. The van der Waals surface area contributed by atoms with E-state index < -0.39 is 10.0 Å². The van der Waals surface area contributed by atoms with E-state index in [1.807, 2.05) is 24.3 Å². The molecule has 134 valence electrons. The molecule has 0 amide bonds. The van der Waals surface area contributed by atoms with Crippen molar-refractivity contribution in [3.8, 4) is 0 Å². The third kappa shape index (κ3) is 3.56. The van der Waals surface area contributed by atoms with Crippen molar-refractivity contribution in [3.63, 3.8) is 0 Å². The highest BCUT2D eigenvalue weighted by Gasteiger charge is 2.36. The molecule has 0 saturated heterocycles. The third-order valence-electron chi connectivity index (χ3n) is 4.02. The summed E-state index contributed by atoms with van der Waals surface area (Å²) in [7, 11) is -3.40. The standard InChI is InChI=1S/C17H14Cl2N4O2S/c18-13-8-5-10(9-15(13)23-26(24,25)11-6-7-11)20-16-12-3-1-2-4-14(12)21-17(19)22-16/h1-5,8-9,11,23H,6-7H2,(H,20,21,22). The molecule has 1 aromatic heterocycles. The number of benzene rings is 2. The molecule has 0 radical (unpaired) electrons. The van der Waals surface area contributed by atoms with Crippen LogP contribution in [0.4, 0.5) is 17.2 Å². The number of nitrogens with one attached hydrogen (secondary N) is 2. The van der Waals surface area contributed by atoms with Crippen LogP contribution in [0.5, 0.6) is 0 Å². The van der Waals surface area contributed by atoms with Gasteiger partial charge in [-0.2, -0.15) is 4.98 Å². The normalized spacial score (nSPS) is 14.4. The lowest BCUT2D eigenvalue weighted by Gasteiger charge is -2.13. The Balaban J connectivity index is 1.68. The van der Waals surface area contributed by atoms with Gasteiger partial charge in [0.25, 0.3) is 0 Å². The van der Waals surface area contributed by atoms with Crippen LogP contribution in [0, 0.1) is 0 Å². The Labute approximate surface area is 160 Å². The highest BCUT2D eigenvalue weighted by Crippen LogP contribution is 2.34. The Morgan fingerprint density at radius 1 is 1.04 bits per heavy atom. The van der Waals surface area contributed by atoms with E-state index in [-0.39, 0.29) is 10.5 Å². The maximum absolute atomic E-state index is 12.2. The monoisotopic (exact) mass is 408 g/mol. The predicted molar refractivity (Wildman–Crippen MR) is 105 cm³/mol. The molecular weight excluding hydrogens is 395 g/mol. The minimum atomic E-state index is -3.40. The average molecular weight is 409 g/mol. The molecule has 3 aromatic rings. The first-order chi connectivity index (χ1) is 12.4. The first kappa shape index (κ1) is 17.3. The molecule has 2 N–H and O–H groups in total.